The largest absolute Gasteiger partial charge is 0.310 e. The molecule has 17 heavy (non-hydrogen) atoms. The van der Waals surface area contributed by atoms with Crippen molar-refractivity contribution in [2.24, 2.45) is 0 Å². The lowest BCUT2D eigenvalue weighted by molar-refractivity contribution is 0.535. The molecule has 2 nitrogen and oxygen atoms in total. The summed E-state index contributed by atoms with van der Waals surface area (Å²) in [7, 11) is -0.708. The van der Waals surface area contributed by atoms with E-state index in [0.717, 1.165) is 29.3 Å². The van der Waals surface area contributed by atoms with Crippen LogP contribution >= 0.6 is 11.6 Å². The topological polar surface area (TPSA) is 29.1 Å². The third-order valence-electron chi connectivity index (χ3n) is 2.69. The van der Waals surface area contributed by atoms with E-state index in [4.69, 9.17) is 11.6 Å². The van der Waals surface area contributed by atoms with Crippen molar-refractivity contribution in [2.75, 3.05) is 12.0 Å². The fourth-order valence-electron chi connectivity index (χ4n) is 1.52. The van der Waals surface area contributed by atoms with Crippen molar-refractivity contribution < 1.29 is 4.21 Å². The van der Waals surface area contributed by atoms with E-state index in [9.17, 15) is 4.21 Å². The van der Waals surface area contributed by atoms with Gasteiger partial charge >= 0.3 is 0 Å². The molecule has 0 saturated heterocycles. The minimum atomic E-state index is -0.708. The van der Waals surface area contributed by atoms with Crippen molar-refractivity contribution >= 4 is 22.4 Å². The molecule has 0 bridgehead atoms. The number of benzene rings is 1. The van der Waals surface area contributed by atoms with Gasteiger partial charge in [0.25, 0.3) is 0 Å². The number of nitrogens with one attached hydrogen (secondary N) is 1. The van der Waals surface area contributed by atoms with Crippen molar-refractivity contribution in [1.29, 1.82) is 0 Å². The van der Waals surface area contributed by atoms with Crippen LogP contribution in [0.4, 0.5) is 0 Å². The Kier molecular flexibility index (Phi) is 6.17. The van der Waals surface area contributed by atoms with Crippen LogP contribution in [0.2, 0.25) is 5.02 Å². The van der Waals surface area contributed by atoms with E-state index in [1.165, 1.54) is 5.56 Å². The molecule has 4 heteroatoms. The second-order valence-electron chi connectivity index (χ2n) is 4.44. The first-order valence-electron chi connectivity index (χ1n) is 5.77. The third-order valence-corrected chi connectivity index (χ3v) is 3.85. The minimum Gasteiger partial charge on any atom is -0.310 e. The van der Waals surface area contributed by atoms with Gasteiger partial charge in [0.2, 0.25) is 0 Å². The van der Waals surface area contributed by atoms with Crippen LogP contribution in [-0.4, -0.2) is 22.3 Å². The maximum atomic E-state index is 11.0. The molecule has 1 N–H and O–H groups in total. The van der Waals surface area contributed by atoms with Crippen LogP contribution in [0.3, 0.4) is 0 Å². The van der Waals surface area contributed by atoms with E-state index in [0.29, 0.717) is 6.04 Å². The average Bonchev–Trinajstić information content (AvgIpc) is 2.25. The SMILES string of the molecule is Cc1ccc(CNC(C)CCS(C)=O)c(Cl)c1. The molecule has 0 amide bonds. The quantitative estimate of drug-likeness (QED) is 0.864. The second kappa shape index (κ2) is 7.14. The van der Waals surface area contributed by atoms with Gasteiger partial charge in [0, 0.05) is 40.4 Å². The molecule has 2 unspecified atom stereocenters. The maximum absolute atomic E-state index is 11.0. The van der Waals surface area contributed by atoms with Gasteiger partial charge in [0.05, 0.1) is 0 Å². The lowest BCUT2D eigenvalue weighted by atomic mass is 10.1. The molecule has 0 aliphatic carbocycles. The van der Waals surface area contributed by atoms with Gasteiger partial charge in [0.1, 0.15) is 0 Å². The summed E-state index contributed by atoms with van der Waals surface area (Å²) in [5, 5.41) is 4.20. The predicted molar refractivity (Wildman–Crippen MR) is 76.0 cm³/mol. The second-order valence-corrected chi connectivity index (χ2v) is 6.40. The molecule has 0 aliphatic rings. The fraction of sp³-hybridized carbons (Fsp3) is 0.538. The van der Waals surface area contributed by atoms with Gasteiger partial charge < -0.3 is 5.32 Å². The highest BCUT2D eigenvalue weighted by Gasteiger charge is 2.05. The smallest absolute Gasteiger partial charge is 0.0453 e. The molecule has 0 spiro atoms. The number of hydrogen-bond acceptors (Lipinski definition) is 2. The van der Waals surface area contributed by atoms with Crippen molar-refractivity contribution in [3.05, 3.63) is 34.3 Å². The minimum absolute atomic E-state index is 0.358. The van der Waals surface area contributed by atoms with Gasteiger partial charge in [0.15, 0.2) is 0 Å². The van der Waals surface area contributed by atoms with Gasteiger partial charge in [-0.05, 0) is 37.5 Å². The Morgan fingerprint density at radius 1 is 1.47 bits per heavy atom. The highest BCUT2D eigenvalue weighted by molar-refractivity contribution is 7.84. The van der Waals surface area contributed by atoms with Gasteiger partial charge in [-0.15, -0.1) is 0 Å². The standard InChI is InChI=1S/C13H20ClNOS/c1-10-4-5-12(13(14)8-10)9-15-11(2)6-7-17(3)16/h4-5,8,11,15H,6-7,9H2,1-3H3. The first kappa shape index (κ1) is 14.7. The highest BCUT2D eigenvalue weighted by atomic mass is 35.5. The van der Waals surface area contributed by atoms with Crippen molar-refractivity contribution in [1.82, 2.24) is 5.32 Å². The molecule has 1 rings (SSSR count). The first-order chi connectivity index (χ1) is 7.99. The summed E-state index contributed by atoms with van der Waals surface area (Å²) in [6.07, 6.45) is 2.66. The molecule has 1 aromatic rings. The van der Waals surface area contributed by atoms with Crippen LogP contribution in [0.5, 0.6) is 0 Å². The van der Waals surface area contributed by atoms with Gasteiger partial charge in [-0.3, -0.25) is 4.21 Å². The van der Waals surface area contributed by atoms with Crippen LogP contribution < -0.4 is 5.32 Å². The lowest BCUT2D eigenvalue weighted by Crippen LogP contribution is -2.27. The van der Waals surface area contributed by atoms with Crippen LogP contribution in [0, 0.1) is 6.92 Å². The summed E-state index contributed by atoms with van der Waals surface area (Å²) in [6, 6.07) is 6.45. The van der Waals surface area contributed by atoms with E-state index in [2.05, 4.69) is 24.4 Å². The molecule has 0 heterocycles. The van der Waals surface area contributed by atoms with Crippen LogP contribution in [0.15, 0.2) is 18.2 Å². The average molecular weight is 274 g/mol. The fourth-order valence-corrected chi connectivity index (χ4v) is 2.51. The Labute approximate surface area is 111 Å². The zero-order chi connectivity index (χ0) is 12.8. The Bertz CT molecular complexity index is 395. The summed E-state index contributed by atoms with van der Waals surface area (Å²) in [5.41, 5.74) is 2.29. The molecule has 0 aromatic heterocycles. The van der Waals surface area contributed by atoms with E-state index < -0.39 is 10.8 Å². The summed E-state index contributed by atoms with van der Waals surface area (Å²) in [5.74, 6) is 0.746. The Morgan fingerprint density at radius 2 is 2.18 bits per heavy atom. The normalized spacial score (nSPS) is 14.6. The highest BCUT2D eigenvalue weighted by Crippen LogP contribution is 2.17. The molecule has 0 fully saturated rings. The molecule has 0 saturated carbocycles. The zero-order valence-electron chi connectivity index (χ0n) is 10.6. The summed E-state index contributed by atoms with van der Waals surface area (Å²) < 4.78 is 11.0. The van der Waals surface area contributed by atoms with Gasteiger partial charge in [-0.2, -0.15) is 0 Å². The Morgan fingerprint density at radius 3 is 2.76 bits per heavy atom. The Hall–Kier alpha value is -0.380. The van der Waals surface area contributed by atoms with Crippen molar-refractivity contribution in [2.45, 2.75) is 32.9 Å². The van der Waals surface area contributed by atoms with Crippen LogP contribution in [0.25, 0.3) is 0 Å². The number of hydrogen-bond donors (Lipinski definition) is 1. The monoisotopic (exact) mass is 273 g/mol. The number of aryl methyl sites for hydroxylation is 1. The Balaban J connectivity index is 2.41. The van der Waals surface area contributed by atoms with E-state index >= 15 is 0 Å². The van der Waals surface area contributed by atoms with E-state index in [1.54, 1.807) is 6.26 Å². The molecular formula is C13H20ClNOS. The molecule has 1 aromatic carbocycles. The van der Waals surface area contributed by atoms with E-state index in [-0.39, 0.29) is 0 Å². The van der Waals surface area contributed by atoms with Gasteiger partial charge in [-0.1, -0.05) is 23.7 Å². The summed E-state index contributed by atoms with van der Waals surface area (Å²) in [4.78, 5) is 0. The first-order valence-corrected chi connectivity index (χ1v) is 7.88. The molecule has 0 radical (unpaired) electrons. The van der Waals surface area contributed by atoms with Crippen LogP contribution in [0.1, 0.15) is 24.5 Å². The van der Waals surface area contributed by atoms with Crippen LogP contribution in [-0.2, 0) is 17.3 Å². The molecular weight excluding hydrogens is 254 g/mol. The maximum Gasteiger partial charge on any atom is 0.0453 e. The zero-order valence-corrected chi connectivity index (χ0v) is 12.2. The third kappa shape index (κ3) is 5.66. The molecule has 96 valence electrons. The van der Waals surface area contributed by atoms with Crippen molar-refractivity contribution in [3.8, 4) is 0 Å². The summed E-state index contributed by atoms with van der Waals surface area (Å²) in [6.45, 7) is 4.90. The van der Waals surface area contributed by atoms with E-state index in [1.807, 2.05) is 13.0 Å². The lowest BCUT2D eigenvalue weighted by Gasteiger charge is -2.14. The van der Waals surface area contributed by atoms with Gasteiger partial charge in [-0.25, -0.2) is 0 Å². The summed E-state index contributed by atoms with van der Waals surface area (Å²) >= 11 is 6.15. The molecule has 2 atom stereocenters. The van der Waals surface area contributed by atoms with Crippen molar-refractivity contribution in [3.63, 3.8) is 0 Å². The molecule has 0 aliphatic heterocycles. The number of rotatable bonds is 6. The predicted octanol–water partition coefficient (Wildman–Crippen LogP) is 2.90. The number of halogens is 1.